The molecule has 2 aliphatic rings. The molecule has 0 bridgehead atoms. The normalized spacial score (nSPS) is 16.0. The molecule has 0 spiro atoms. The van der Waals surface area contributed by atoms with Crippen molar-refractivity contribution in [3.8, 4) is 22.8 Å². The molecule has 2 aromatic carbocycles. The monoisotopic (exact) mass is 418 g/mol. The van der Waals surface area contributed by atoms with Gasteiger partial charge in [0.2, 0.25) is 6.79 Å². The molecule has 31 heavy (non-hydrogen) atoms. The van der Waals surface area contributed by atoms with Gasteiger partial charge in [-0.1, -0.05) is 37.3 Å². The summed E-state index contributed by atoms with van der Waals surface area (Å²) in [5.74, 6) is 1.62. The minimum atomic E-state index is 0.00616. The summed E-state index contributed by atoms with van der Waals surface area (Å²) in [6.07, 6.45) is 1.01. The number of nitrogens with one attached hydrogen (secondary N) is 1. The van der Waals surface area contributed by atoms with Crippen molar-refractivity contribution in [3.63, 3.8) is 0 Å². The topological polar surface area (TPSA) is 70.7 Å². The van der Waals surface area contributed by atoms with Crippen LogP contribution in [0, 0.1) is 0 Å². The number of H-pyrrole nitrogens is 1. The van der Waals surface area contributed by atoms with Crippen molar-refractivity contribution in [2.75, 3.05) is 33.0 Å². The molecule has 1 aromatic heterocycles. The SMILES string of the molecule is CCc1ccc(-c2cc(C(=O)N3CCN(Cc4ccc5c(c4)OCO5)CC3)[nH]n2)cc1. The van der Waals surface area contributed by atoms with Crippen molar-refractivity contribution in [1.29, 1.82) is 0 Å². The molecule has 0 radical (unpaired) electrons. The first kappa shape index (κ1) is 19.6. The van der Waals surface area contributed by atoms with Crippen LogP contribution in [0.15, 0.2) is 48.5 Å². The van der Waals surface area contributed by atoms with E-state index in [9.17, 15) is 4.79 Å². The molecule has 7 nitrogen and oxygen atoms in total. The van der Waals surface area contributed by atoms with Gasteiger partial charge in [0.25, 0.3) is 5.91 Å². The van der Waals surface area contributed by atoms with E-state index in [1.54, 1.807) is 0 Å². The Labute approximate surface area is 181 Å². The summed E-state index contributed by atoms with van der Waals surface area (Å²) in [6, 6.07) is 16.2. The van der Waals surface area contributed by atoms with E-state index in [1.807, 2.05) is 23.1 Å². The summed E-state index contributed by atoms with van der Waals surface area (Å²) in [7, 11) is 0. The smallest absolute Gasteiger partial charge is 0.271 e. The van der Waals surface area contributed by atoms with Gasteiger partial charge in [-0.05, 0) is 35.7 Å². The average Bonchev–Trinajstić information content (AvgIpc) is 3.49. The van der Waals surface area contributed by atoms with Gasteiger partial charge in [0.1, 0.15) is 5.69 Å². The fourth-order valence-electron chi connectivity index (χ4n) is 4.07. The largest absolute Gasteiger partial charge is 0.454 e. The zero-order valence-electron chi connectivity index (χ0n) is 17.6. The highest BCUT2D eigenvalue weighted by Crippen LogP contribution is 2.32. The van der Waals surface area contributed by atoms with E-state index in [4.69, 9.17) is 9.47 Å². The van der Waals surface area contributed by atoms with Crippen LogP contribution in [0.1, 0.15) is 28.5 Å². The van der Waals surface area contributed by atoms with E-state index < -0.39 is 0 Å². The second kappa shape index (κ2) is 8.43. The number of ether oxygens (including phenoxy) is 2. The van der Waals surface area contributed by atoms with Gasteiger partial charge in [0, 0.05) is 38.3 Å². The number of carbonyl (C=O) groups excluding carboxylic acids is 1. The molecular weight excluding hydrogens is 392 g/mol. The number of carbonyl (C=O) groups is 1. The number of fused-ring (bicyclic) bond motifs is 1. The molecule has 1 N–H and O–H groups in total. The number of aromatic amines is 1. The van der Waals surface area contributed by atoms with Crippen molar-refractivity contribution in [3.05, 3.63) is 65.4 Å². The molecule has 0 saturated carbocycles. The predicted molar refractivity (Wildman–Crippen MR) is 117 cm³/mol. The summed E-state index contributed by atoms with van der Waals surface area (Å²) in [5, 5.41) is 7.28. The lowest BCUT2D eigenvalue weighted by Crippen LogP contribution is -2.48. The highest BCUT2D eigenvalue weighted by Gasteiger charge is 2.24. The van der Waals surface area contributed by atoms with E-state index in [0.717, 1.165) is 48.8 Å². The molecule has 2 aliphatic heterocycles. The van der Waals surface area contributed by atoms with Crippen LogP contribution in [0.3, 0.4) is 0 Å². The first-order valence-electron chi connectivity index (χ1n) is 10.7. The third-order valence-electron chi connectivity index (χ3n) is 5.97. The van der Waals surface area contributed by atoms with Gasteiger partial charge in [-0.3, -0.25) is 14.8 Å². The maximum absolute atomic E-state index is 12.9. The Balaban J connectivity index is 1.18. The summed E-state index contributed by atoms with van der Waals surface area (Å²) in [6.45, 7) is 6.32. The third-order valence-corrected chi connectivity index (χ3v) is 5.97. The number of amides is 1. The van der Waals surface area contributed by atoms with Crippen LogP contribution in [-0.4, -0.2) is 58.9 Å². The second-order valence-electron chi connectivity index (χ2n) is 7.97. The molecule has 0 aliphatic carbocycles. The van der Waals surface area contributed by atoms with Gasteiger partial charge < -0.3 is 14.4 Å². The Morgan fingerprint density at radius 3 is 2.48 bits per heavy atom. The minimum absolute atomic E-state index is 0.00616. The van der Waals surface area contributed by atoms with Crippen LogP contribution in [0.4, 0.5) is 0 Å². The highest BCUT2D eigenvalue weighted by molar-refractivity contribution is 5.93. The summed E-state index contributed by atoms with van der Waals surface area (Å²) < 4.78 is 10.8. The Hall–Kier alpha value is -3.32. The molecule has 1 amide bonds. The Bertz CT molecular complexity index is 1070. The average molecular weight is 418 g/mol. The van der Waals surface area contributed by atoms with Crippen molar-refractivity contribution in [2.45, 2.75) is 19.9 Å². The van der Waals surface area contributed by atoms with Crippen molar-refractivity contribution in [1.82, 2.24) is 20.0 Å². The molecule has 7 heteroatoms. The van der Waals surface area contributed by atoms with E-state index in [-0.39, 0.29) is 5.91 Å². The Kier molecular flexibility index (Phi) is 5.34. The van der Waals surface area contributed by atoms with Crippen molar-refractivity contribution >= 4 is 5.91 Å². The first-order valence-corrected chi connectivity index (χ1v) is 10.7. The molecule has 1 saturated heterocycles. The van der Waals surface area contributed by atoms with Gasteiger partial charge in [-0.2, -0.15) is 5.10 Å². The quantitative estimate of drug-likeness (QED) is 0.688. The number of hydrogen-bond acceptors (Lipinski definition) is 5. The molecule has 160 valence electrons. The van der Waals surface area contributed by atoms with Crippen LogP contribution in [0.25, 0.3) is 11.3 Å². The lowest BCUT2D eigenvalue weighted by molar-refractivity contribution is 0.0622. The summed E-state index contributed by atoms with van der Waals surface area (Å²) in [5.41, 5.74) is 4.83. The lowest BCUT2D eigenvalue weighted by atomic mass is 10.1. The number of benzene rings is 2. The van der Waals surface area contributed by atoms with Crippen LogP contribution < -0.4 is 9.47 Å². The zero-order valence-corrected chi connectivity index (χ0v) is 17.6. The van der Waals surface area contributed by atoms with E-state index in [1.165, 1.54) is 11.1 Å². The third kappa shape index (κ3) is 4.14. The van der Waals surface area contributed by atoms with E-state index in [2.05, 4.69) is 52.4 Å². The molecule has 3 aromatic rings. The minimum Gasteiger partial charge on any atom is -0.454 e. The van der Waals surface area contributed by atoms with E-state index in [0.29, 0.717) is 25.6 Å². The molecule has 0 atom stereocenters. The van der Waals surface area contributed by atoms with Crippen LogP contribution >= 0.6 is 0 Å². The van der Waals surface area contributed by atoms with Crippen LogP contribution in [0.2, 0.25) is 0 Å². The molecule has 3 heterocycles. The van der Waals surface area contributed by atoms with Gasteiger partial charge in [0.05, 0.1) is 5.69 Å². The van der Waals surface area contributed by atoms with Gasteiger partial charge in [0.15, 0.2) is 11.5 Å². The zero-order chi connectivity index (χ0) is 21.2. The van der Waals surface area contributed by atoms with Gasteiger partial charge in [-0.15, -0.1) is 0 Å². The van der Waals surface area contributed by atoms with Gasteiger partial charge in [-0.25, -0.2) is 0 Å². The maximum atomic E-state index is 12.9. The number of aromatic nitrogens is 2. The molecule has 1 fully saturated rings. The number of nitrogens with zero attached hydrogens (tertiary/aromatic N) is 3. The second-order valence-corrected chi connectivity index (χ2v) is 7.97. The highest BCUT2D eigenvalue weighted by atomic mass is 16.7. The number of hydrogen-bond donors (Lipinski definition) is 1. The fraction of sp³-hybridized carbons (Fsp3) is 0.333. The summed E-state index contributed by atoms with van der Waals surface area (Å²) >= 11 is 0. The lowest BCUT2D eigenvalue weighted by Gasteiger charge is -2.34. The van der Waals surface area contributed by atoms with Crippen molar-refractivity contribution in [2.24, 2.45) is 0 Å². The maximum Gasteiger partial charge on any atom is 0.271 e. The predicted octanol–water partition coefficient (Wildman–Crippen LogP) is 3.33. The number of piperazine rings is 1. The van der Waals surface area contributed by atoms with Crippen LogP contribution in [-0.2, 0) is 13.0 Å². The number of rotatable bonds is 5. The molecule has 0 unspecified atom stereocenters. The molecular formula is C24H26N4O3. The number of aryl methyl sites for hydroxylation is 1. The Morgan fingerprint density at radius 2 is 1.71 bits per heavy atom. The fourth-order valence-corrected chi connectivity index (χ4v) is 4.07. The Morgan fingerprint density at radius 1 is 0.968 bits per heavy atom. The van der Waals surface area contributed by atoms with Crippen molar-refractivity contribution < 1.29 is 14.3 Å². The van der Waals surface area contributed by atoms with Gasteiger partial charge >= 0.3 is 0 Å². The standard InChI is InChI=1S/C24H26N4O3/c1-2-17-3-6-19(7-4-17)20-14-21(26-25-20)24(29)28-11-9-27(10-12-28)15-18-5-8-22-23(13-18)31-16-30-22/h3-8,13-14H,2,9-12,15-16H2,1H3,(H,25,26). The van der Waals surface area contributed by atoms with E-state index >= 15 is 0 Å². The van der Waals surface area contributed by atoms with Crippen LogP contribution in [0.5, 0.6) is 11.5 Å². The first-order chi connectivity index (χ1) is 15.2. The molecule has 5 rings (SSSR count). The summed E-state index contributed by atoms with van der Waals surface area (Å²) in [4.78, 5) is 17.2.